The molecular weight excluding hydrogens is 509 g/mol. The fraction of sp³-hybridized carbons (Fsp3) is 0.320. The molecule has 1 fully saturated rings. The molecule has 0 saturated carbocycles. The molecule has 8 nitrogen and oxygen atoms in total. The minimum atomic E-state index is -4.53. The molecule has 2 heterocycles. The van der Waals surface area contributed by atoms with Crippen molar-refractivity contribution in [1.29, 1.82) is 0 Å². The molecule has 0 aliphatic carbocycles. The number of benzene rings is 2. The minimum absolute atomic E-state index is 0.0649. The van der Waals surface area contributed by atoms with Gasteiger partial charge in [-0.1, -0.05) is 18.5 Å². The maximum Gasteiger partial charge on any atom is 0.416 e. The monoisotopic (exact) mass is 534 g/mol. The first-order valence-electron chi connectivity index (χ1n) is 11.7. The highest BCUT2D eigenvalue weighted by Crippen LogP contribution is 2.32. The van der Waals surface area contributed by atoms with Gasteiger partial charge in [0.1, 0.15) is 17.2 Å². The van der Waals surface area contributed by atoms with Crippen LogP contribution in [0, 0.1) is 0 Å². The number of hydrogen-bond acceptors (Lipinski definition) is 6. The van der Waals surface area contributed by atoms with Crippen molar-refractivity contribution in [2.75, 3.05) is 43.4 Å². The molecule has 0 bridgehead atoms. The Labute approximate surface area is 217 Å². The number of piperazine rings is 1. The number of likely N-dealkylation sites (N-methyl/N-ethyl adjacent to an activating group) is 1. The second-order valence-corrected chi connectivity index (χ2v) is 8.90. The lowest BCUT2D eigenvalue weighted by Gasteiger charge is -2.34. The summed E-state index contributed by atoms with van der Waals surface area (Å²) >= 11 is 5.81. The van der Waals surface area contributed by atoms with Crippen molar-refractivity contribution in [2.24, 2.45) is 0 Å². The number of nitrogens with one attached hydrogen (secondary N) is 2. The van der Waals surface area contributed by atoms with Gasteiger partial charge >= 0.3 is 12.2 Å². The summed E-state index contributed by atoms with van der Waals surface area (Å²) in [5.74, 6) is 0.703. The number of halogens is 4. The highest BCUT2D eigenvalue weighted by atomic mass is 35.5. The van der Waals surface area contributed by atoms with Gasteiger partial charge in [-0.25, -0.2) is 14.8 Å². The number of urea groups is 1. The summed E-state index contributed by atoms with van der Waals surface area (Å²) in [5, 5.41) is 5.36. The number of aromatic nitrogens is 2. The van der Waals surface area contributed by atoms with Crippen LogP contribution in [0.2, 0.25) is 5.15 Å². The Kier molecular flexibility index (Phi) is 8.47. The highest BCUT2D eigenvalue weighted by Gasteiger charge is 2.31. The van der Waals surface area contributed by atoms with Gasteiger partial charge in [0.05, 0.1) is 5.56 Å². The van der Waals surface area contributed by atoms with Gasteiger partial charge in [-0.05, 0) is 54.6 Å². The van der Waals surface area contributed by atoms with Gasteiger partial charge in [0, 0.05) is 50.2 Å². The van der Waals surface area contributed by atoms with Crippen LogP contribution in [0.5, 0.6) is 11.6 Å². The summed E-state index contributed by atoms with van der Waals surface area (Å²) in [6, 6.07) is 10.8. The van der Waals surface area contributed by atoms with Crippen LogP contribution in [0.25, 0.3) is 0 Å². The summed E-state index contributed by atoms with van der Waals surface area (Å²) in [5.41, 5.74) is 0.168. The molecule has 1 aliphatic heterocycles. The number of amides is 2. The summed E-state index contributed by atoms with van der Waals surface area (Å²) in [7, 11) is 0. The van der Waals surface area contributed by atoms with E-state index in [1.807, 2.05) is 0 Å². The van der Waals surface area contributed by atoms with Crippen molar-refractivity contribution < 1.29 is 22.7 Å². The number of hydrogen-bond donors (Lipinski definition) is 2. The summed E-state index contributed by atoms with van der Waals surface area (Å²) in [6.07, 6.45) is -3.27. The highest BCUT2D eigenvalue weighted by molar-refractivity contribution is 6.29. The Balaban J connectivity index is 1.40. The number of alkyl halides is 3. The number of ether oxygens (including phenoxy) is 1. The number of carbonyl (C=O) groups is 1. The fourth-order valence-electron chi connectivity index (χ4n) is 3.93. The number of carbonyl (C=O) groups excluding carboxylic acids is 1. The van der Waals surface area contributed by atoms with Crippen molar-refractivity contribution in [3.63, 3.8) is 0 Å². The normalized spacial score (nSPS) is 14.8. The number of rotatable bonds is 7. The Morgan fingerprint density at radius 1 is 0.973 bits per heavy atom. The first-order chi connectivity index (χ1) is 17.7. The van der Waals surface area contributed by atoms with E-state index in [4.69, 9.17) is 16.3 Å². The van der Waals surface area contributed by atoms with Gasteiger partial charge in [0.2, 0.25) is 5.88 Å². The predicted octanol–water partition coefficient (Wildman–Crippen LogP) is 5.72. The van der Waals surface area contributed by atoms with Crippen LogP contribution >= 0.6 is 11.6 Å². The van der Waals surface area contributed by atoms with Crippen molar-refractivity contribution in [3.8, 4) is 11.6 Å². The second kappa shape index (κ2) is 11.8. The molecule has 1 aromatic heterocycles. The zero-order valence-corrected chi connectivity index (χ0v) is 20.8. The molecule has 0 spiro atoms. The van der Waals surface area contributed by atoms with E-state index in [2.05, 4.69) is 37.3 Å². The molecule has 12 heteroatoms. The lowest BCUT2D eigenvalue weighted by molar-refractivity contribution is -0.137. The maximum atomic E-state index is 13.5. The van der Waals surface area contributed by atoms with Crippen LogP contribution in [0.1, 0.15) is 18.1 Å². The molecular formula is C25H26ClF3N6O2. The molecule has 2 amide bonds. The molecule has 1 aliphatic rings. The number of anilines is 2. The van der Waals surface area contributed by atoms with Crippen molar-refractivity contribution in [2.45, 2.75) is 19.6 Å². The average Bonchev–Trinajstić information content (AvgIpc) is 2.85. The molecule has 4 rings (SSSR count). The van der Waals surface area contributed by atoms with E-state index >= 15 is 0 Å². The first-order valence-corrected chi connectivity index (χ1v) is 12.0. The van der Waals surface area contributed by atoms with Crippen molar-refractivity contribution >= 4 is 29.0 Å². The van der Waals surface area contributed by atoms with Gasteiger partial charge in [0.15, 0.2) is 0 Å². The van der Waals surface area contributed by atoms with Crippen molar-refractivity contribution in [1.82, 2.24) is 19.8 Å². The van der Waals surface area contributed by atoms with E-state index in [-0.39, 0.29) is 16.7 Å². The lowest BCUT2D eigenvalue weighted by Crippen LogP contribution is -2.45. The quantitative estimate of drug-likeness (QED) is 0.377. The molecule has 37 heavy (non-hydrogen) atoms. The largest absolute Gasteiger partial charge is 0.439 e. The second-order valence-electron chi connectivity index (χ2n) is 8.51. The van der Waals surface area contributed by atoms with E-state index in [9.17, 15) is 18.0 Å². The molecule has 0 unspecified atom stereocenters. The number of nitrogens with zero attached hydrogens (tertiary/aromatic N) is 4. The van der Waals surface area contributed by atoms with E-state index in [1.165, 1.54) is 12.4 Å². The van der Waals surface area contributed by atoms with Crippen LogP contribution < -0.4 is 15.4 Å². The third-order valence-corrected chi connectivity index (χ3v) is 6.05. The molecule has 0 atom stereocenters. The third-order valence-electron chi connectivity index (χ3n) is 5.84. The van der Waals surface area contributed by atoms with E-state index in [0.717, 1.165) is 44.9 Å². The summed E-state index contributed by atoms with van der Waals surface area (Å²) in [6.45, 7) is 6.71. The molecule has 1 saturated heterocycles. The molecule has 2 N–H and O–H groups in total. The first kappa shape index (κ1) is 26.6. The molecule has 196 valence electrons. The SMILES string of the molecule is CCN1CCN(Cc2cc(NC(=O)Nc3ccc(Oc4cc(Cl)ncn4)cc3)cc(C(F)(F)F)c2)CC1. The molecule has 0 radical (unpaired) electrons. The Morgan fingerprint density at radius 3 is 2.30 bits per heavy atom. The van der Waals surface area contributed by atoms with Crippen LogP contribution in [-0.4, -0.2) is 58.5 Å². The van der Waals surface area contributed by atoms with Crippen LogP contribution in [0.4, 0.5) is 29.3 Å². The van der Waals surface area contributed by atoms with E-state index in [1.54, 1.807) is 30.3 Å². The Morgan fingerprint density at radius 2 is 1.65 bits per heavy atom. The lowest BCUT2D eigenvalue weighted by atomic mass is 10.1. The smallest absolute Gasteiger partial charge is 0.416 e. The van der Waals surface area contributed by atoms with Crippen molar-refractivity contribution in [3.05, 3.63) is 71.1 Å². The van der Waals surface area contributed by atoms with Gasteiger partial charge in [-0.2, -0.15) is 13.2 Å². The molecule has 2 aromatic carbocycles. The zero-order valence-electron chi connectivity index (χ0n) is 20.1. The van der Waals surface area contributed by atoms with E-state index in [0.29, 0.717) is 23.5 Å². The average molecular weight is 535 g/mol. The minimum Gasteiger partial charge on any atom is -0.439 e. The topological polar surface area (TPSA) is 82.6 Å². The fourth-order valence-corrected chi connectivity index (χ4v) is 4.07. The predicted molar refractivity (Wildman–Crippen MR) is 135 cm³/mol. The van der Waals surface area contributed by atoms with Crippen LogP contribution in [0.3, 0.4) is 0 Å². The Bertz CT molecular complexity index is 1220. The van der Waals surface area contributed by atoms with Crippen LogP contribution in [-0.2, 0) is 12.7 Å². The molecule has 3 aromatic rings. The van der Waals surface area contributed by atoms with Gasteiger partial charge in [-0.15, -0.1) is 0 Å². The van der Waals surface area contributed by atoms with Gasteiger partial charge in [0.25, 0.3) is 0 Å². The van der Waals surface area contributed by atoms with Crippen LogP contribution in [0.15, 0.2) is 54.9 Å². The standard InChI is InChI=1S/C25H26ClF3N6O2/c1-2-34-7-9-35(10-8-34)15-17-11-18(25(27,28)29)13-20(12-17)33-24(36)32-19-3-5-21(6-4-19)37-23-14-22(26)30-16-31-23/h3-6,11-14,16H,2,7-10,15H2,1H3,(H2,32,33,36). The maximum absolute atomic E-state index is 13.5. The summed E-state index contributed by atoms with van der Waals surface area (Å²) in [4.78, 5) is 24.7. The third kappa shape index (κ3) is 7.78. The summed E-state index contributed by atoms with van der Waals surface area (Å²) < 4.78 is 46.2. The van der Waals surface area contributed by atoms with Gasteiger partial charge < -0.3 is 20.3 Å². The van der Waals surface area contributed by atoms with Gasteiger partial charge in [-0.3, -0.25) is 4.90 Å². The zero-order chi connectivity index (χ0) is 26.4. The Hall–Kier alpha value is -3.41. The van der Waals surface area contributed by atoms with E-state index < -0.39 is 17.8 Å².